The van der Waals surface area contributed by atoms with Gasteiger partial charge in [0.25, 0.3) is 0 Å². The molecule has 1 spiro atoms. The van der Waals surface area contributed by atoms with Crippen LogP contribution in [0.3, 0.4) is 0 Å². The first-order chi connectivity index (χ1) is 10.4. The second-order valence-electron chi connectivity index (χ2n) is 7.07. The minimum absolute atomic E-state index is 0.101. The van der Waals surface area contributed by atoms with Crippen molar-refractivity contribution in [2.75, 3.05) is 19.7 Å². The largest absolute Gasteiger partial charge is 0.372 e. The number of ether oxygens (including phenoxy) is 1. The van der Waals surface area contributed by atoms with Gasteiger partial charge in [-0.15, -0.1) is 0 Å². The molecule has 2 saturated heterocycles. The van der Waals surface area contributed by atoms with Gasteiger partial charge in [-0.3, -0.25) is 4.90 Å². The maximum absolute atomic E-state index is 6.34. The van der Waals surface area contributed by atoms with E-state index in [-0.39, 0.29) is 11.1 Å². The van der Waals surface area contributed by atoms with Crippen LogP contribution in [-0.4, -0.2) is 30.2 Å². The predicted octanol–water partition coefficient (Wildman–Crippen LogP) is 4.10. The zero-order chi connectivity index (χ0) is 14.2. The van der Waals surface area contributed by atoms with E-state index in [1.807, 2.05) is 0 Å². The number of rotatable bonds is 2. The van der Waals surface area contributed by atoms with Crippen LogP contribution in [0.2, 0.25) is 0 Å². The third-order valence-corrected chi connectivity index (χ3v) is 6.15. The minimum atomic E-state index is 0.101. The van der Waals surface area contributed by atoms with Crippen LogP contribution in [0.25, 0.3) is 0 Å². The molecule has 114 valence electrons. The Bertz CT molecular complexity index is 476. The smallest absolute Gasteiger partial charge is 0.0928 e. The Balaban J connectivity index is 1.80. The predicted molar refractivity (Wildman–Crippen MR) is 85.3 cm³/mol. The molecule has 21 heavy (non-hydrogen) atoms. The zero-order valence-corrected chi connectivity index (χ0v) is 13.0. The fourth-order valence-electron chi connectivity index (χ4n) is 5.12. The highest BCUT2D eigenvalue weighted by Crippen LogP contribution is 2.56. The Morgan fingerprint density at radius 3 is 2.19 bits per heavy atom. The Hall–Kier alpha value is -0.860. The molecule has 1 aromatic carbocycles. The van der Waals surface area contributed by atoms with Crippen molar-refractivity contribution in [3.05, 3.63) is 35.9 Å². The Kier molecular flexibility index (Phi) is 3.55. The molecule has 3 fully saturated rings. The van der Waals surface area contributed by atoms with E-state index in [4.69, 9.17) is 4.74 Å². The highest BCUT2D eigenvalue weighted by Gasteiger charge is 2.60. The van der Waals surface area contributed by atoms with Gasteiger partial charge in [-0.05, 0) is 44.3 Å². The molecule has 0 bridgehead atoms. The quantitative estimate of drug-likeness (QED) is 0.811. The van der Waals surface area contributed by atoms with Crippen molar-refractivity contribution in [1.82, 2.24) is 4.90 Å². The monoisotopic (exact) mass is 285 g/mol. The van der Waals surface area contributed by atoms with Crippen molar-refractivity contribution in [3.8, 4) is 0 Å². The van der Waals surface area contributed by atoms with Crippen LogP contribution in [0, 0.1) is 0 Å². The zero-order valence-electron chi connectivity index (χ0n) is 13.0. The first-order valence-corrected chi connectivity index (χ1v) is 8.82. The van der Waals surface area contributed by atoms with E-state index < -0.39 is 0 Å². The van der Waals surface area contributed by atoms with Crippen LogP contribution in [0.5, 0.6) is 0 Å². The molecule has 4 rings (SSSR count). The number of nitrogens with zero attached hydrogens (tertiary/aromatic N) is 1. The van der Waals surface area contributed by atoms with Gasteiger partial charge in [-0.25, -0.2) is 0 Å². The summed E-state index contributed by atoms with van der Waals surface area (Å²) in [6.45, 7) is 3.46. The molecular formula is C19H27NO. The average Bonchev–Trinajstić information content (AvgIpc) is 2.55. The van der Waals surface area contributed by atoms with Crippen molar-refractivity contribution < 1.29 is 4.74 Å². The molecule has 1 unspecified atom stereocenters. The van der Waals surface area contributed by atoms with E-state index in [1.54, 1.807) is 0 Å². The number of hydrogen-bond acceptors (Lipinski definition) is 2. The van der Waals surface area contributed by atoms with Gasteiger partial charge < -0.3 is 4.74 Å². The summed E-state index contributed by atoms with van der Waals surface area (Å²) in [4.78, 5) is 2.80. The van der Waals surface area contributed by atoms with E-state index in [1.165, 1.54) is 70.0 Å². The van der Waals surface area contributed by atoms with E-state index in [0.717, 1.165) is 6.61 Å². The average molecular weight is 285 g/mol. The van der Waals surface area contributed by atoms with Crippen LogP contribution in [-0.2, 0) is 10.3 Å². The Morgan fingerprint density at radius 1 is 0.810 bits per heavy atom. The van der Waals surface area contributed by atoms with Gasteiger partial charge in [0.1, 0.15) is 0 Å². The lowest BCUT2D eigenvalue weighted by Crippen LogP contribution is -2.69. The van der Waals surface area contributed by atoms with Crippen LogP contribution < -0.4 is 0 Å². The lowest BCUT2D eigenvalue weighted by Gasteiger charge is -2.63. The number of hydrogen-bond donors (Lipinski definition) is 0. The fraction of sp³-hybridized carbons (Fsp3) is 0.684. The molecule has 1 aromatic rings. The van der Waals surface area contributed by atoms with Crippen LogP contribution >= 0.6 is 0 Å². The third-order valence-electron chi connectivity index (χ3n) is 6.15. The van der Waals surface area contributed by atoms with Crippen LogP contribution in [0.1, 0.15) is 56.9 Å². The lowest BCUT2D eigenvalue weighted by molar-refractivity contribution is -0.251. The van der Waals surface area contributed by atoms with Gasteiger partial charge in [0.05, 0.1) is 17.7 Å². The SMILES string of the molecule is c1ccc([C@]2(N3CCCCC3)CCCCC23CCO3)cc1. The van der Waals surface area contributed by atoms with Gasteiger partial charge >= 0.3 is 0 Å². The van der Waals surface area contributed by atoms with E-state index in [0.29, 0.717) is 0 Å². The van der Waals surface area contributed by atoms with E-state index in [2.05, 4.69) is 35.2 Å². The summed E-state index contributed by atoms with van der Waals surface area (Å²) < 4.78 is 6.34. The molecule has 1 saturated carbocycles. The Labute approximate surface area is 128 Å². The number of likely N-dealkylation sites (tertiary alicyclic amines) is 1. The molecule has 0 amide bonds. The van der Waals surface area contributed by atoms with Gasteiger partial charge in [-0.2, -0.15) is 0 Å². The Morgan fingerprint density at radius 2 is 1.52 bits per heavy atom. The maximum Gasteiger partial charge on any atom is 0.0928 e. The molecule has 2 heteroatoms. The highest BCUT2D eigenvalue weighted by atomic mass is 16.5. The molecule has 3 aliphatic rings. The molecule has 2 heterocycles. The molecule has 1 aliphatic carbocycles. The molecular weight excluding hydrogens is 258 g/mol. The maximum atomic E-state index is 6.34. The van der Waals surface area contributed by atoms with Crippen LogP contribution in [0.15, 0.2) is 30.3 Å². The van der Waals surface area contributed by atoms with Crippen molar-refractivity contribution in [1.29, 1.82) is 0 Å². The molecule has 0 radical (unpaired) electrons. The topological polar surface area (TPSA) is 12.5 Å². The first kappa shape index (κ1) is 13.8. The molecule has 0 aromatic heterocycles. The molecule has 2 nitrogen and oxygen atoms in total. The fourth-order valence-corrected chi connectivity index (χ4v) is 5.12. The summed E-state index contributed by atoms with van der Waals surface area (Å²) in [5.41, 5.74) is 1.75. The van der Waals surface area contributed by atoms with Crippen molar-refractivity contribution in [2.45, 2.75) is 62.5 Å². The standard InChI is InChI=1S/C19H27NO/c1-3-9-17(10-4-1)19(20-14-7-2-8-15-20)12-6-5-11-18(19)13-16-21-18/h1,3-4,9-10H,2,5-8,11-16H2/t18?,19-/m1/s1. The summed E-state index contributed by atoms with van der Waals surface area (Å²) >= 11 is 0. The van der Waals surface area contributed by atoms with Crippen molar-refractivity contribution in [3.63, 3.8) is 0 Å². The van der Waals surface area contributed by atoms with Gasteiger partial charge in [0.15, 0.2) is 0 Å². The van der Waals surface area contributed by atoms with Crippen molar-refractivity contribution in [2.24, 2.45) is 0 Å². The summed E-state index contributed by atoms with van der Waals surface area (Å²) in [6.07, 6.45) is 10.6. The van der Waals surface area contributed by atoms with Gasteiger partial charge in [0.2, 0.25) is 0 Å². The summed E-state index contributed by atoms with van der Waals surface area (Å²) in [6, 6.07) is 11.3. The normalized spacial score (nSPS) is 37.3. The highest BCUT2D eigenvalue weighted by molar-refractivity contribution is 5.32. The number of benzene rings is 1. The second kappa shape index (κ2) is 5.40. The summed E-state index contributed by atoms with van der Waals surface area (Å²) in [7, 11) is 0. The van der Waals surface area contributed by atoms with Gasteiger partial charge in [0, 0.05) is 6.42 Å². The number of piperidine rings is 1. The molecule has 2 aliphatic heterocycles. The minimum Gasteiger partial charge on any atom is -0.372 e. The summed E-state index contributed by atoms with van der Waals surface area (Å²) in [5.74, 6) is 0. The van der Waals surface area contributed by atoms with Gasteiger partial charge in [-0.1, -0.05) is 49.6 Å². The molecule has 2 atom stereocenters. The third kappa shape index (κ3) is 1.99. The van der Waals surface area contributed by atoms with E-state index in [9.17, 15) is 0 Å². The first-order valence-electron chi connectivity index (χ1n) is 8.82. The van der Waals surface area contributed by atoms with Crippen LogP contribution in [0.4, 0.5) is 0 Å². The summed E-state index contributed by atoms with van der Waals surface area (Å²) in [5, 5.41) is 0. The van der Waals surface area contributed by atoms with E-state index >= 15 is 0 Å². The second-order valence-corrected chi connectivity index (χ2v) is 7.07. The lowest BCUT2D eigenvalue weighted by atomic mass is 9.61. The van der Waals surface area contributed by atoms with Crippen molar-refractivity contribution >= 4 is 0 Å². The molecule has 0 N–H and O–H groups in total.